The molecule has 1 heterocycles. The van der Waals surface area contributed by atoms with Gasteiger partial charge in [-0.25, -0.2) is 13.8 Å². The highest BCUT2D eigenvalue weighted by Crippen LogP contribution is 2.10. The van der Waals surface area contributed by atoms with Crippen molar-refractivity contribution in [2.24, 2.45) is 0 Å². The monoisotopic (exact) mass is 251 g/mol. The Morgan fingerprint density at radius 2 is 2.25 bits per heavy atom. The molecular weight excluding hydrogens is 244 g/mol. The van der Waals surface area contributed by atoms with E-state index >= 15 is 0 Å². The van der Waals surface area contributed by atoms with E-state index in [0.717, 1.165) is 6.20 Å². The number of hydrogen-bond acceptors (Lipinski definition) is 4. The average Bonchev–Trinajstić information content (AvgIpc) is 2.26. The van der Waals surface area contributed by atoms with Crippen LogP contribution in [0.3, 0.4) is 0 Å². The number of carbonyl (C=O) groups is 1. The Balaban J connectivity index is 2.60. The minimum Gasteiger partial charge on any atom is -0.390 e. The summed E-state index contributed by atoms with van der Waals surface area (Å²) in [5.41, 5.74) is -0.166. The lowest BCUT2D eigenvalue weighted by molar-refractivity contribution is -0.0462. The van der Waals surface area contributed by atoms with Gasteiger partial charge in [-0.15, -0.1) is 0 Å². The second-order valence-electron chi connectivity index (χ2n) is 2.92. The van der Waals surface area contributed by atoms with Crippen LogP contribution in [0.25, 0.3) is 0 Å². The summed E-state index contributed by atoms with van der Waals surface area (Å²) in [5.74, 6) is -4.19. The molecule has 0 saturated carbocycles. The molecule has 16 heavy (non-hydrogen) atoms. The molecule has 0 fully saturated rings. The maximum atomic E-state index is 12.6. The van der Waals surface area contributed by atoms with Crippen LogP contribution in [0.2, 0.25) is 5.15 Å². The predicted octanol–water partition coefficient (Wildman–Crippen LogP) is 0.487. The highest BCUT2D eigenvalue weighted by Gasteiger charge is 2.28. The van der Waals surface area contributed by atoms with Gasteiger partial charge >= 0.3 is 0 Å². The quantitative estimate of drug-likeness (QED) is 0.817. The van der Waals surface area contributed by atoms with Crippen LogP contribution in [0.1, 0.15) is 10.5 Å². The number of amides is 1. The summed E-state index contributed by atoms with van der Waals surface area (Å²) in [6.07, 6.45) is 2.30. The summed E-state index contributed by atoms with van der Waals surface area (Å²) in [6.45, 7) is -2.31. The summed E-state index contributed by atoms with van der Waals surface area (Å²) in [5, 5.41) is 10.2. The minimum absolute atomic E-state index is 0.0124. The number of nitrogens with one attached hydrogen (secondary N) is 1. The molecule has 0 aliphatic heterocycles. The number of halogens is 3. The van der Waals surface area contributed by atoms with E-state index in [4.69, 9.17) is 16.7 Å². The van der Waals surface area contributed by atoms with E-state index in [0.29, 0.717) is 0 Å². The van der Waals surface area contributed by atoms with E-state index in [1.807, 2.05) is 5.32 Å². The molecule has 0 radical (unpaired) electrons. The Labute approximate surface area is 94.5 Å². The topological polar surface area (TPSA) is 75.1 Å². The van der Waals surface area contributed by atoms with Gasteiger partial charge in [-0.1, -0.05) is 11.6 Å². The molecule has 1 amide bonds. The SMILES string of the molecule is O=C(NCC(F)(F)CO)c1cncc(Cl)n1. The number of aromatic nitrogens is 2. The number of nitrogens with zero attached hydrogens (tertiary/aromatic N) is 2. The standard InChI is InChI=1S/C8H8ClF2N3O2/c9-6-2-12-1-5(14-6)7(16)13-3-8(10,11)4-15/h1-2,15H,3-4H2,(H,13,16). The fourth-order valence-corrected chi connectivity index (χ4v) is 0.955. The Bertz CT molecular complexity index is 389. The average molecular weight is 252 g/mol. The first-order valence-electron chi connectivity index (χ1n) is 4.19. The molecule has 0 spiro atoms. The Kier molecular flexibility index (Phi) is 4.08. The Morgan fingerprint density at radius 1 is 1.56 bits per heavy atom. The third-order valence-corrected chi connectivity index (χ3v) is 1.76. The van der Waals surface area contributed by atoms with Crippen molar-refractivity contribution in [1.29, 1.82) is 0 Å². The Hall–Kier alpha value is -1.34. The van der Waals surface area contributed by atoms with Gasteiger partial charge in [0.15, 0.2) is 0 Å². The molecule has 1 rings (SSSR count). The van der Waals surface area contributed by atoms with Crippen molar-refractivity contribution in [2.75, 3.05) is 13.2 Å². The second kappa shape index (κ2) is 5.13. The van der Waals surface area contributed by atoms with Crippen molar-refractivity contribution in [3.05, 3.63) is 23.2 Å². The van der Waals surface area contributed by atoms with E-state index in [1.54, 1.807) is 0 Å². The molecule has 0 bridgehead atoms. The summed E-state index contributed by atoms with van der Waals surface area (Å²) in [6, 6.07) is 0. The maximum absolute atomic E-state index is 12.6. The lowest BCUT2D eigenvalue weighted by atomic mass is 10.3. The maximum Gasteiger partial charge on any atom is 0.287 e. The summed E-state index contributed by atoms with van der Waals surface area (Å²) < 4.78 is 25.2. The van der Waals surface area contributed by atoms with Crippen molar-refractivity contribution in [2.45, 2.75) is 5.92 Å². The number of alkyl halides is 2. The number of carbonyl (C=O) groups excluding carboxylic acids is 1. The fourth-order valence-electron chi connectivity index (χ4n) is 0.808. The first kappa shape index (κ1) is 12.7. The molecule has 1 aromatic rings. The first-order chi connectivity index (χ1) is 7.44. The number of hydrogen-bond donors (Lipinski definition) is 2. The van der Waals surface area contributed by atoms with Crippen molar-refractivity contribution in [3.8, 4) is 0 Å². The summed E-state index contributed by atoms with van der Waals surface area (Å²) >= 11 is 5.46. The van der Waals surface area contributed by atoms with Crippen LogP contribution >= 0.6 is 11.6 Å². The largest absolute Gasteiger partial charge is 0.390 e. The van der Waals surface area contributed by atoms with Crippen LogP contribution < -0.4 is 5.32 Å². The number of rotatable bonds is 4. The van der Waals surface area contributed by atoms with Crippen LogP contribution in [0, 0.1) is 0 Å². The highest BCUT2D eigenvalue weighted by molar-refractivity contribution is 6.29. The van der Waals surface area contributed by atoms with Crippen molar-refractivity contribution in [3.63, 3.8) is 0 Å². The number of aliphatic hydroxyl groups excluding tert-OH is 1. The van der Waals surface area contributed by atoms with E-state index in [2.05, 4.69) is 9.97 Å². The van der Waals surface area contributed by atoms with E-state index in [9.17, 15) is 13.6 Å². The van der Waals surface area contributed by atoms with Gasteiger partial charge in [-0.05, 0) is 0 Å². The van der Waals surface area contributed by atoms with Gasteiger partial charge in [0.05, 0.1) is 18.9 Å². The van der Waals surface area contributed by atoms with Gasteiger partial charge in [0, 0.05) is 0 Å². The molecule has 0 aliphatic carbocycles. The van der Waals surface area contributed by atoms with Gasteiger partial charge < -0.3 is 10.4 Å². The van der Waals surface area contributed by atoms with Gasteiger partial charge in [0.2, 0.25) is 0 Å². The van der Waals surface area contributed by atoms with E-state index in [-0.39, 0.29) is 10.8 Å². The normalized spacial score (nSPS) is 11.2. The minimum atomic E-state index is -3.36. The predicted molar refractivity (Wildman–Crippen MR) is 51.4 cm³/mol. The molecular formula is C8H8ClF2N3O2. The molecule has 5 nitrogen and oxygen atoms in total. The Morgan fingerprint density at radius 3 is 2.81 bits per heavy atom. The van der Waals surface area contributed by atoms with Crippen molar-refractivity contribution in [1.82, 2.24) is 15.3 Å². The van der Waals surface area contributed by atoms with Gasteiger partial charge in [-0.3, -0.25) is 9.78 Å². The van der Waals surface area contributed by atoms with E-state index < -0.39 is 25.0 Å². The second-order valence-corrected chi connectivity index (χ2v) is 3.31. The molecule has 1 aromatic heterocycles. The number of aliphatic hydroxyl groups is 1. The molecule has 2 N–H and O–H groups in total. The van der Waals surface area contributed by atoms with Crippen molar-refractivity contribution < 1.29 is 18.7 Å². The van der Waals surface area contributed by atoms with Crippen molar-refractivity contribution >= 4 is 17.5 Å². The highest BCUT2D eigenvalue weighted by atomic mass is 35.5. The lowest BCUT2D eigenvalue weighted by Gasteiger charge is -2.13. The molecule has 0 atom stereocenters. The zero-order chi connectivity index (χ0) is 12.2. The van der Waals surface area contributed by atoms with Gasteiger partial charge in [0.1, 0.15) is 17.5 Å². The fraction of sp³-hybridized carbons (Fsp3) is 0.375. The molecule has 0 aliphatic rings. The molecule has 0 unspecified atom stereocenters. The van der Waals surface area contributed by atoms with Crippen LogP contribution in [0.15, 0.2) is 12.4 Å². The smallest absolute Gasteiger partial charge is 0.287 e. The third-order valence-electron chi connectivity index (χ3n) is 1.58. The molecule has 0 aromatic carbocycles. The van der Waals surface area contributed by atoms with E-state index in [1.165, 1.54) is 6.20 Å². The van der Waals surface area contributed by atoms with Gasteiger partial charge in [-0.2, -0.15) is 0 Å². The van der Waals surface area contributed by atoms with Crippen LogP contribution in [0.4, 0.5) is 8.78 Å². The van der Waals surface area contributed by atoms with Crippen LogP contribution in [-0.2, 0) is 0 Å². The molecule has 0 saturated heterocycles. The van der Waals surface area contributed by atoms with Gasteiger partial charge in [0.25, 0.3) is 11.8 Å². The molecule has 88 valence electrons. The summed E-state index contributed by atoms with van der Waals surface area (Å²) in [7, 11) is 0. The zero-order valence-electron chi connectivity index (χ0n) is 7.95. The molecule has 8 heteroatoms. The lowest BCUT2D eigenvalue weighted by Crippen LogP contribution is -2.39. The third kappa shape index (κ3) is 3.67. The van der Waals surface area contributed by atoms with Crippen LogP contribution in [0.5, 0.6) is 0 Å². The summed E-state index contributed by atoms with van der Waals surface area (Å²) in [4.78, 5) is 18.4. The first-order valence-corrected chi connectivity index (χ1v) is 4.57. The zero-order valence-corrected chi connectivity index (χ0v) is 8.71. The van der Waals surface area contributed by atoms with Crippen LogP contribution in [-0.4, -0.2) is 40.1 Å².